The van der Waals surface area contributed by atoms with Gasteiger partial charge in [0.05, 0.1) is 11.8 Å². The van der Waals surface area contributed by atoms with Crippen LogP contribution in [0.5, 0.6) is 0 Å². The Morgan fingerprint density at radius 1 is 0.976 bits per heavy atom. The number of carbonyl (C=O) groups excluding carboxylic acids is 1. The molecule has 0 spiro atoms. The number of hydrogen-bond donors (Lipinski definition) is 4. The zero-order valence-corrected chi connectivity index (χ0v) is 21.1. The molecule has 41 heavy (non-hydrogen) atoms. The maximum Gasteiger partial charge on any atom is 0.490 e. The van der Waals surface area contributed by atoms with E-state index in [4.69, 9.17) is 21.4 Å². The normalized spacial score (nSPS) is 11.4. The third kappa shape index (κ3) is 7.74. The SMILES string of the molecule is Cc1cc(C(F)(F)F)cc(-n2ncc(-c3ccc(C(=O)NCc4ccccc4N)cc3)c2N)n1.O=C(O)C(F)(F)F. The number of amides is 1. The van der Waals surface area contributed by atoms with Gasteiger partial charge in [0.2, 0.25) is 0 Å². The maximum atomic E-state index is 13.2. The molecule has 1 amide bonds. The van der Waals surface area contributed by atoms with Crippen molar-refractivity contribution in [2.45, 2.75) is 25.8 Å². The summed E-state index contributed by atoms with van der Waals surface area (Å²) in [5.41, 5.74) is 14.4. The van der Waals surface area contributed by atoms with Crippen molar-refractivity contribution in [3.8, 4) is 16.9 Å². The second-order valence-corrected chi connectivity index (χ2v) is 8.47. The molecule has 15 heteroatoms. The summed E-state index contributed by atoms with van der Waals surface area (Å²) in [7, 11) is 0. The molecule has 4 rings (SSSR count). The molecule has 0 aliphatic carbocycles. The molecule has 216 valence electrons. The third-order valence-electron chi connectivity index (χ3n) is 5.49. The average Bonchev–Trinajstić information content (AvgIpc) is 3.28. The van der Waals surface area contributed by atoms with E-state index in [1.807, 2.05) is 18.2 Å². The number of carboxylic acids is 1. The molecule has 6 N–H and O–H groups in total. The summed E-state index contributed by atoms with van der Waals surface area (Å²) in [4.78, 5) is 25.5. The van der Waals surface area contributed by atoms with Crippen LogP contribution in [0.4, 0.5) is 37.8 Å². The molecule has 9 nitrogen and oxygen atoms in total. The number of rotatable bonds is 5. The first-order valence-electron chi connectivity index (χ1n) is 11.5. The largest absolute Gasteiger partial charge is 0.490 e. The first-order chi connectivity index (χ1) is 19.1. The number of nitrogens with zero attached hydrogens (tertiary/aromatic N) is 3. The smallest absolute Gasteiger partial charge is 0.475 e. The zero-order valence-electron chi connectivity index (χ0n) is 21.1. The summed E-state index contributed by atoms with van der Waals surface area (Å²) in [6, 6.07) is 15.7. The van der Waals surface area contributed by atoms with E-state index >= 15 is 0 Å². The number of carboxylic acid groups (broad SMARTS) is 1. The number of hydrogen-bond acceptors (Lipinski definition) is 6. The van der Waals surface area contributed by atoms with Crippen molar-refractivity contribution in [1.29, 1.82) is 0 Å². The van der Waals surface area contributed by atoms with Crippen molar-refractivity contribution in [3.05, 3.63) is 89.2 Å². The van der Waals surface area contributed by atoms with Gasteiger partial charge >= 0.3 is 18.3 Å². The topological polar surface area (TPSA) is 149 Å². The van der Waals surface area contributed by atoms with Gasteiger partial charge < -0.3 is 21.9 Å². The van der Waals surface area contributed by atoms with Crippen LogP contribution in [0.15, 0.2) is 66.9 Å². The Hall–Kier alpha value is -5.08. The molecular formula is C26H22F6N6O3. The summed E-state index contributed by atoms with van der Waals surface area (Å²) in [6.45, 7) is 1.76. The second-order valence-electron chi connectivity index (χ2n) is 8.47. The molecule has 2 aromatic carbocycles. The van der Waals surface area contributed by atoms with Crippen LogP contribution < -0.4 is 16.8 Å². The Morgan fingerprint density at radius 2 is 1.59 bits per heavy atom. The van der Waals surface area contributed by atoms with Gasteiger partial charge in [-0.15, -0.1) is 0 Å². The summed E-state index contributed by atoms with van der Waals surface area (Å²) >= 11 is 0. The fourth-order valence-electron chi connectivity index (χ4n) is 3.46. The lowest BCUT2D eigenvalue weighted by atomic mass is 10.1. The minimum atomic E-state index is -5.08. The Labute approximate surface area is 228 Å². The first kappa shape index (κ1) is 30.5. The van der Waals surface area contributed by atoms with E-state index < -0.39 is 23.9 Å². The fraction of sp³-hybridized carbons (Fsp3) is 0.154. The fourth-order valence-corrected chi connectivity index (χ4v) is 3.46. The van der Waals surface area contributed by atoms with Crippen molar-refractivity contribution in [3.63, 3.8) is 0 Å². The highest BCUT2D eigenvalue weighted by Gasteiger charge is 2.38. The molecule has 2 heterocycles. The lowest BCUT2D eigenvalue weighted by Crippen LogP contribution is -2.23. The van der Waals surface area contributed by atoms with E-state index in [0.717, 1.165) is 22.4 Å². The van der Waals surface area contributed by atoms with Crippen molar-refractivity contribution in [1.82, 2.24) is 20.1 Å². The number of nitrogens with two attached hydrogens (primary N) is 2. The monoisotopic (exact) mass is 580 g/mol. The van der Waals surface area contributed by atoms with Crippen molar-refractivity contribution >= 4 is 23.4 Å². The van der Waals surface area contributed by atoms with Crippen LogP contribution in [0, 0.1) is 6.92 Å². The van der Waals surface area contributed by atoms with Gasteiger partial charge in [0.15, 0.2) is 5.82 Å². The van der Waals surface area contributed by atoms with Crippen LogP contribution in [0.25, 0.3) is 16.9 Å². The molecule has 4 aromatic rings. The zero-order chi connectivity index (χ0) is 30.5. The number of anilines is 2. The van der Waals surface area contributed by atoms with Crippen molar-refractivity contribution in [2.24, 2.45) is 0 Å². The Balaban J connectivity index is 0.000000587. The highest BCUT2D eigenvalue weighted by atomic mass is 19.4. The predicted octanol–water partition coefficient (Wildman–Crippen LogP) is 4.99. The Morgan fingerprint density at radius 3 is 2.15 bits per heavy atom. The molecular weight excluding hydrogens is 558 g/mol. The maximum absolute atomic E-state index is 13.2. The van der Waals surface area contributed by atoms with Crippen LogP contribution in [0.2, 0.25) is 0 Å². The average molecular weight is 580 g/mol. The lowest BCUT2D eigenvalue weighted by Gasteiger charge is -2.11. The van der Waals surface area contributed by atoms with Crippen LogP contribution in [0.3, 0.4) is 0 Å². The number of carbonyl (C=O) groups is 2. The second kappa shape index (κ2) is 12.0. The van der Waals surface area contributed by atoms with Crippen LogP contribution in [-0.2, 0) is 17.5 Å². The van der Waals surface area contributed by atoms with Gasteiger partial charge in [0.1, 0.15) is 5.82 Å². The van der Waals surface area contributed by atoms with E-state index in [1.54, 1.807) is 30.3 Å². The van der Waals surface area contributed by atoms with Gasteiger partial charge in [-0.05, 0) is 48.4 Å². The molecule has 0 saturated carbocycles. The third-order valence-corrected chi connectivity index (χ3v) is 5.49. The molecule has 0 radical (unpaired) electrons. The van der Waals surface area contributed by atoms with E-state index in [1.165, 1.54) is 13.1 Å². The van der Waals surface area contributed by atoms with Crippen LogP contribution in [0.1, 0.15) is 27.2 Å². The predicted molar refractivity (Wildman–Crippen MR) is 137 cm³/mol. The Kier molecular flexibility index (Phi) is 8.90. The quantitative estimate of drug-likeness (QED) is 0.192. The van der Waals surface area contributed by atoms with E-state index in [2.05, 4.69) is 15.4 Å². The molecule has 0 bridgehead atoms. The molecule has 0 saturated heterocycles. The lowest BCUT2D eigenvalue weighted by molar-refractivity contribution is -0.192. The number of nitrogen functional groups attached to an aromatic ring is 2. The molecule has 0 unspecified atom stereocenters. The van der Waals surface area contributed by atoms with Crippen LogP contribution >= 0.6 is 0 Å². The van der Waals surface area contributed by atoms with E-state index in [-0.39, 0.29) is 29.8 Å². The summed E-state index contributed by atoms with van der Waals surface area (Å²) < 4.78 is 72.4. The van der Waals surface area contributed by atoms with E-state index in [0.29, 0.717) is 22.4 Å². The molecule has 0 aliphatic heterocycles. The number of aryl methyl sites for hydroxylation is 1. The highest BCUT2D eigenvalue weighted by Crippen LogP contribution is 2.32. The summed E-state index contributed by atoms with van der Waals surface area (Å²) in [6.07, 6.45) is -8.16. The highest BCUT2D eigenvalue weighted by molar-refractivity contribution is 5.95. The number of nitrogens with one attached hydrogen (secondary N) is 1. The standard InChI is InChI=1S/C24H21F3N6O.C2HF3O2/c1-14-10-18(24(25,26)27)11-21(32-14)33-22(29)19(13-31-33)15-6-8-16(9-7-15)23(34)30-12-17-4-2-3-5-20(17)28;3-2(4,5)1(6)7/h2-11,13H,12,28-29H2,1H3,(H,30,34);(H,6,7). The molecule has 0 aliphatic rings. The number of pyridine rings is 1. The van der Waals surface area contributed by atoms with Crippen LogP contribution in [-0.4, -0.2) is 37.9 Å². The van der Waals surface area contributed by atoms with Gasteiger partial charge in [-0.3, -0.25) is 4.79 Å². The number of para-hydroxylation sites is 1. The number of aliphatic carboxylic acids is 1. The van der Waals surface area contributed by atoms with Gasteiger partial charge in [-0.2, -0.15) is 36.1 Å². The molecule has 0 fully saturated rings. The van der Waals surface area contributed by atoms with Gasteiger partial charge in [-0.1, -0.05) is 30.3 Å². The van der Waals surface area contributed by atoms with Crippen molar-refractivity contribution < 1.29 is 41.0 Å². The summed E-state index contributed by atoms with van der Waals surface area (Å²) in [5, 5.41) is 14.1. The Bertz CT molecular complexity index is 1550. The van der Waals surface area contributed by atoms with E-state index in [9.17, 15) is 31.1 Å². The first-order valence-corrected chi connectivity index (χ1v) is 11.5. The number of aromatic nitrogens is 3. The number of halogens is 6. The number of benzene rings is 2. The van der Waals surface area contributed by atoms with Gasteiger partial charge in [0, 0.05) is 29.1 Å². The van der Waals surface area contributed by atoms with Crippen molar-refractivity contribution in [2.75, 3.05) is 11.5 Å². The molecule has 2 aromatic heterocycles. The summed E-state index contributed by atoms with van der Waals surface area (Å²) in [5.74, 6) is -2.94. The minimum Gasteiger partial charge on any atom is -0.475 e. The number of alkyl halides is 6. The van der Waals surface area contributed by atoms with Gasteiger partial charge in [0.25, 0.3) is 5.91 Å². The van der Waals surface area contributed by atoms with Gasteiger partial charge in [-0.25, -0.2) is 9.78 Å². The molecule has 0 atom stereocenters. The minimum absolute atomic E-state index is 0.0349.